The molecule has 1 aliphatic rings. The zero-order valence-electron chi connectivity index (χ0n) is 11.1. The minimum absolute atomic E-state index is 0.000982. The molecule has 1 N–H and O–H groups in total. The van der Waals surface area contributed by atoms with Crippen molar-refractivity contribution in [2.75, 3.05) is 19.7 Å². The number of halogens is 1. The van der Waals surface area contributed by atoms with E-state index in [4.69, 9.17) is 14.7 Å². The number of rotatable bonds is 3. The quantitative estimate of drug-likeness (QED) is 0.928. The lowest BCUT2D eigenvalue weighted by Gasteiger charge is -2.36. The molecule has 0 aromatic heterocycles. The van der Waals surface area contributed by atoms with Gasteiger partial charge in [-0.15, -0.1) is 0 Å². The number of nitriles is 1. The van der Waals surface area contributed by atoms with Crippen molar-refractivity contribution in [3.8, 4) is 11.8 Å². The third-order valence-corrected chi connectivity index (χ3v) is 3.39. The third kappa shape index (κ3) is 3.93. The first-order valence-electron chi connectivity index (χ1n) is 6.21. The van der Waals surface area contributed by atoms with Crippen LogP contribution < -0.4 is 10.1 Å². The summed E-state index contributed by atoms with van der Waals surface area (Å²) in [5, 5.41) is 12.4. The van der Waals surface area contributed by atoms with E-state index >= 15 is 0 Å². The molecule has 102 valence electrons. The fourth-order valence-corrected chi connectivity index (χ4v) is 2.42. The summed E-state index contributed by atoms with van der Waals surface area (Å²) in [6, 6.07) is 7.54. The number of benzene rings is 1. The normalized spacial score (nSPS) is 21.7. The lowest BCUT2D eigenvalue weighted by molar-refractivity contribution is -0.107. The largest absolute Gasteiger partial charge is 0.489 e. The van der Waals surface area contributed by atoms with Crippen LogP contribution in [-0.4, -0.2) is 31.4 Å². The maximum absolute atomic E-state index is 9.07. The summed E-state index contributed by atoms with van der Waals surface area (Å²) in [6.07, 6.45) is -0.000982. The molecule has 1 fully saturated rings. The Bertz CT molecular complexity index is 497. The second kappa shape index (κ2) is 5.91. The molecule has 0 saturated carbocycles. The summed E-state index contributed by atoms with van der Waals surface area (Å²) < 4.78 is 12.5. The first-order valence-corrected chi connectivity index (χ1v) is 7.00. The summed E-state index contributed by atoms with van der Waals surface area (Å²) >= 11 is 3.34. The SMILES string of the molecule is CC1(C)CNCC(COc2ccc(Br)cc2C#N)O1. The van der Waals surface area contributed by atoms with E-state index in [9.17, 15) is 0 Å². The minimum Gasteiger partial charge on any atom is -0.489 e. The van der Waals surface area contributed by atoms with Gasteiger partial charge in [0.1, 0.15) is 24.5 Å². The second-order valence-corrected chi connectivity index (χ2v) is 6.11. The Morgan fingerprint density at radius 1 is 1.58 bits per heavy atom. The molecule has 1 aliphatic heterocycles. The van der Waals surface area contributed by atoms with Gasteiger partial charge in [0, 0.05) is 17.6 Å². The van der Waals surface area contributed by atoms with Crippen molar-refractivity contribution in [2.24, 2.45) is 0 Å². The van der Waals surface area contributed by atoms with E-state index in [1.807, 2.05) is 19.9 Å². The highest BCUT2D eigenvalue weighted by atomic mass is 79.9. The number of ether oxygens (including phenoxy) is 2. The third-order valence-electron chi connectivity index (χ3n) is 2.90. The molecule has 1 aromatic carbocycles. The smallest absolute Gasteiger partial charge is 0.137 e. The summed E-state index contributed by atoms with van der Waals surface area (Å²) in [5.74, 6) is 0.595. The van der Waals surface area contributed by atoms with Crippen LogP contribution in [0.1, 0.15) is 19.4 Å². The lowest BCUT2D eigenvalue weighted by Crippen LogP contribution is -2.52. The van der Waals surface area contributed by atoms with Crippen LogP contribution >= 0.6 is 15.9 Å². The molecule has 1 atom stereocenters. The van der Waals surface area contributed by atoms with E-state index in [2.05, 4.69) is 27.3 Å². The molecule has 5 heteroatoms. The van der Waals surface area contributed by atoms with E-state index in [1.54, 1.807) is 12.1 Å². The lowest BCUT2D eigenvalue weighted by atomic mass is 10.1. The number of nitrogens with zero attached hydrogens (tertiary/aromatic N) is 1. The molecule has 0 radical (unpaired) electrons. The highest BCUT2D eigenvalue weighted by Gasteiger charge is 2.28. The van der Waals surface area contributed by atoms with E-state index in [0.717, 1.165) is 17.6 Å². The molecule has 2 rings (SSSR count). The summed E-state index contributed by atoms with van der Waals surface area (Å²) in [4.78, 5) is 0. The Morgan fingerprint density at radius 3 is 3.05 bits per heavy atom. The summed E-state index contributed by atoms with van der Waals surface area (Å²) in [5.41, 5.74) is 0.349. The molecule has 4 nitrogen and oxygen atoms in total. The molecule has 0 amide bonds. The van der Waals surface area contributed by atoms with Crippen LogP contribution in [-0.2, 0) is 4.74 Å². The van der Waals surface area contributed by atoms with Crippen LogP contribution in [0.3, 0.4) is 0 Å². The van der Waals surface area contributed by atoms with Gasteiger partial charge in [-0.25, -0.2) is 0 Å². The monoisotopic (exact) mass is 324 g/mol. The van der Waals surface area contributed by atoms with Gasteiger partial charge in [0.25, 0.3) is 0 Å². The van der Waals surface area contributed by atoms with Gasteiger partial charge in [-0.05, 0) is 32.0 Å². The first-order chi connectivity index (χ1) is 9.00. The standard InChI is InChI=1S/C14H17BrN2O2/c1-14(2)9-17-7-12(19-14)8-18-13-4-3-11(15)5-10(13)6-16/h3-5,12,17H,7-9H2,1-2H3. The second-order valence-electron chi connectivity index (χ2n) is 5.19. The zero-order chi connectivity index (χ0) is 13.9. The first kappa shape index (κ1) is 14.3. The van der Waals surface area contributed by atoms with Gasteiger partial charge >= 0.3 is 0 Å². The van der Waals surface area contributed by atoms with Crippen LogP contribution in [0.4, 0.5) is 0 Å². The molecular weight excluding hydrogens is 308 g/mol. The average Bonchev–Trinajstić information content (AvgIpc) is 2.36. The van der Waals surface area contributed by atoms with E-state index in [0.29, 0.717) is 17.9 Å². The predicted molar refractivity (Wildman–Crippen MR) is 76.2 cm³/mol. The Kier molecular flexibility index (Phi) is 4.46. The van der Waals surface area contributed by atoms with Crippen LogP contribution in [0.25, 0.3) is 0 Å². The zero-order valence-corrected chi connectivity index (χ0v) is 12.7. The van der Waals surface area contributed by atoms with E-state index < -0.39 is 0 Å². The fourth-order valence-electron chi connectivity index (χ4n) is 2.06. The molecular formula is C14H17BrN2O2. The van der Waals surface area contributed by atoms with Gasteiger partial charge in [0.15, 0.2) is 0 Å². The van der Waals surface area contributed by atoms with Crippen molar-refractivity contribution in [1.29, 1.82) is 5.26 Å². The molecule has 0 spiro atoms. The predicted octanol–water partition coefficient (Wildman–Crippen LogP) is 2.47. The van der Waals surface area contributed by atoms with Crippen molar-refractivity contribution in [2.45, 2.75) is 25.6 Å². The highest BCUT2D eigenvalue weighted by molar-refractivity contribution is 9.10. The van der Waals surface area contributed by atoms with Crippen LogP contribution in [0.2, 0.25) is 0 Å². The van der Waals surface area contributed by atoms with Gasteiger partial charge in [0.05, 0.1) is 11.2 Å². The maximum atomic E-state index is 9.07. The number of morpholine rings is 1. The van der Waals surface area contributed by atoms with Crippen molar-refractivity contribution in [1.82, 2.24) is 5.32 Å². The van der Waals surface area contributed by atoms with Crippen molar-refractivity contribution >= 4 is 15.9 Å². The Hall–Kier alpha value is -1.09. The molecule has 1 saturated heterocycles. The van der Waals surface area contributed by atoms with E-state index in [-0.39, 0.29) is 11.7 Å². The minimum atomic E-state index is -0.177. The maximum Gasteiger partial charge on any atom is 0.137 e. The Labute approximate surface area is 121 Å². The topological polar surface area (TPSA) is 54.3 Å². The molecule has 0 aliphatic carbocycles. The van der Waals surface area contributed by atoms with Crippen molar-refractivity contribution in [3.05, 3.63) is 28.2 Å². The molecule has 1 unspecified atom stereocenters. The molecule has 19 heavy (non-hydrogen) atoms. The molecule has 0 bridgehead atoms. The van der Waals surface area contributed by atoms with Gasteiger partial charge in [-0.3, -0.25) is 0 Å². The summed E-state index contributed by atoms with van der Waals surface area (Å²) in [6.45, 7) is 6.14. The van der Waals surface area contributed by atoms with E-state index in [1.165, 1.54) is 0 Å². The number of hydrogen-bond donors (Lipinski definition) is 1. The van der Waals surface area contributed by atoms with Crippen molar-refractivity contribution < 1.29 is 9.47 Å². The van der Waals surface area contributed by atoms with Crippen LogP contribution in [0, 0.1) is 11.3 Å². The Balaban J connectivity index is 1.97. The van der Waals surface area contributed by atoms with Gasteiger partial charge in [-0.2, -0.15) is 5.26 Å². The Morgan fingerprint density at radius 2 is 2.37 bits per heavy atom. The fraction of sp³-hybridized carbons (Fsp3) is 0.500. The highest BCUT2D eigenvalue weighted by Crippen LogP contribution is 2.23. The average molecular weight is 325 g/mol. The van der Waals surface area contributed by atoms with Crippen LogP contribution in [0.5, 0.6) is 5.75 Å². The number of nitrogens with one attached hydrogen (secondary N) is 1. The van der Waals surface area contributed by atoms with Gasteiger partial charge < -0.3 is 14.8 Å². The molecule has 1 aromatic rings. The van der Waals surface area contributed by atoms with Crippen molar-refractivity contribution in [3.63, 3.8) is 0 Å². The van der Waals surface area contributed by atoms with Gasteiger partial charge in [-0.1, -0.05) is 15.9 Å². The molecule has 1 heterocycles. The van der Waals surface area contributed by atoms with Crippen LogP contribution in [0.15, 0.2) is 22.7 Å². The number of hydrogen-bond acceptors (Lipinski definition) is 4. The van der Waals surface area contributed by atoms with Gasteiger partial charge in [0.2, 0.25) is 0 Å². The summed E-state index contributed by atoms with van der Waals surface area (Å²) in [7, 11) is 0.